The topological polar surface area (TPSA) is 369 Å². The van der Waals surface area contributed by atoms with Crippen molar-refractivity contribution in [3.63, 3.8) is 0 Å². The fraction of sp³-hybridized carbons (Fsp3) is 0.542. The number of nitrogens with zero attached hydrogens (tertiary/aromatic N) is 4. The monoisotopic (exact) mass is 1370 g/mol. The second kappa shape index (κ2) is 28.8. The van der Waals surface area contributed by atoms with E-state index in [0.29, 0.717) is 118 Å². The Morgan fingerprint density at radius 1 is 0.848 bits per heavy atom. The number of ether oxygens (including phenoxy) is 3. The molecule has 0 radical (unpaired) electrons. The molecule has 1 aromatic heterocycles. The number of aromatic amines is 1. The Morgan fingerprint density at radius 2 is 1.60 bits per heavy atom. The molecular formula is C72H94N12O15. The van der Waals surface area contributed by atoms with Crippen molar-refractivity contribution in [2.75, 3.05) is 77.3 Å². The third kappa shape index (κ3) is 13.1. The first-order valence-electron chi connectivity index (χ1n) is 34.5. The number of aromatic nitrogens is 1. The minimum atomic E-state index is -2.64. The van der Waals surface area contributed by atoms with Crippen LogP contribution in [0.1, 0.15) is 126 Å². The summed E-state index contributed by atoms with van der Waals surface area (Å²) >= 11 is 0. The maximum atomic E-state index is 15.6. The number of anilines is 2. The number of H-pyrrole nitrogens is 1. The number of piperidine rings is 1. The van der Waals surface area contributed by atoms with Crippen LogP contribution in [0.25, 0.3) is 10.9 Å². The van der Waals surface area contributed by atoms with Gasteiger partial charge in [0.1, 0.15) is 36.0 Å². The van der Waals surface area contributed by atoms with E-state index in [4.69, 9.17) is 19.9 Å². The summed E-state index contributed by atoms with van der Waals surface area (Å²) in [5.41, 5.74) is 7.56. The van der Waals surface area contributed by atoms with Gasteiger partial charge in [0.15, 0.2) is 5.60 Å². The van der Waals surface area contributed by atoms with Crippen LogP contribution in [0, 0.1) is 17.3 Å². The number of primary amides is 1. The first kappa shape index (κ1) is 71.4. The molecule has 11 rings (SSSR count). The number of benzene rings is 3. The smallest absolute Gasteiger partial charge is 0.426 e. The van der Waals surface area contributed by atoms with E-state index in [2.05, 4.69) is 53.0 Å². The molecule has 532 valence electrons. The summed E-state index contributed by atoms with van der Waals surface area (Å²) in [5, 5.41) is 50.7. The third-order valence-corrected chi connectivity index (χ3v) is 22.1. The zero-order valence-corrected chi connectivity index (χ0v) is 57.4. The van der Waals surface area contributed by atoms with Gasteiger partial charge in [-0.1, -0.05) is 76.6 Å². The zero-order valence-electron chi connectivity index (χ0n) is 57.4. The number of unbranched alkanes of at least 4 members (excludes halogenated alkanes) is 2. The van der Waals surface area contributed by atoms with Crippen LogP contribution in [-0.4, -0.2) is 197 Å². The van der Waals surface area contributed by atoms with Crippen LogP contribution in [0.2, 0.25) is 0 Å². The number of nitrogens with two attached hydrogens (primary N) is 1. The Morgan fingerprint density at radius 3 is 2.29 bits per heavy atom. The molecule has 2 unspecified atom stereocenters. The van der Waals surface area contributed by atoms with Gasteiger partial charge >= 0.3 is 18.1 Å². The highest BCUT2D eigenvalue weighted by molar-refractivity contribution is 6.13. The molecule has 2 bridgehead atoms. The summed E-state index contributed by atoms with van der Waals surface area (Å²) in [4.78, 5) is 132. The average Bonchev–Trinajstić information content (AvgIpc) is 1.50. The molecular weight excluding hydrogens is 1270 g/mol. The normalized spacial score (nSPS) is 27.9. The number of aliphatic hydroxyl groups excluding tert-OH is 1. The number of urea groups is 1. The first-order valence-corrected chi connectivity index (χ1v) is 34.5. The predicted octanol–water partition coefficient (Wildman–Crippen LogP) is 3.70. The second-order valence-corrected chi connectivity index (χ2v) is 28.2. The number of hydrogen-bond acceptors (Lipinski definition) is 18. The lowest BCUT2D eigenvalue weighted by molar-refractivity contribution is -0.204. The molecule has 27 heteroatoms. The van der Waals surface area contributed by atoms with Crippen LogP contribution >= 0.6 is 0 Å². The number of carbonyl (C=O) groups is 9. The number of methoxy groups -OCH3 is 2. The summed E-state index contributed by atoms with van der Waals surface area (Å²) in [6, 6.07) is 13.6. The van der Waals surface area contributed by atoms with E-state index in [9.17, 15) is 48.9 Å². The largest absolute Gasteiger partial charge is 0.496 e. The number of hydrazine groups is 1. The molecule has 7 aliphatic rings. The molecule has 27 nitrogen and oxygen atoms in total. The molecule has 2 saturated heterocycles. The molecule has 1 saturated carbocycles. The van der Waals surface area contributed by atoms with Crippen LogP contribution in [0.3, 0.4) is 0 Å². The minimum absolute atomic E-state index is 0.0685. The average molecular weight is 1370 g/mol. The molecule has 1 aliphatic carbocycles. The van der Waals surface area contributed by atoms with Crippen molar-refractivity contribution in [1.82, 2.24) is 46.5 Å². The number of fused-ring (bicyclic) bond motifs is 6. The Labute approximate surface area is 575 Å². The molecule has 12 atom stereocenters. The second-order valence-electron chi connectivity index (χ2n) is 28.2. The molecule has 9 amide bonds. The Balaban J connectivity index is 0.801. The molecule has 7 heterocycles. The summed E-state index contributed by atoms with van der Waals surface area (Å²) in [6.45, 7) is 10.2. The van der Waals surface area contributed by atoms with Gasteiger partial charge in [0.05, 0.1) is 25.9 Å². The van der Waals surface area contributed by atoms with Gasteiger partial charge in [-0.2, -0.15) is 0 Å². The van der Waals surface area contributed by atoms with Crippen molar-refractivity contribution in [2.24, 2.45) is 23.0 Å². The highest BCUT2D eigenvalue weighted by Gasteiger charge is 2.79. The van der Waals surface area contributed by atoms with Gasteiger partial charge in [-0.05, 0) is 124 Å². The van der Waals surface area contributed by atoms with Crippen molar-refractivity contribution >= 4 is 75.8 Å². The van der Waals surface area contributed by atoms with Crippen molar-refractivity contribution in [3.8, 4) is 5.75 Å². The number of para-hydroxylation sites is 1. The fourth-order valence-corrected chi connectivity index (χ4v) is 17.5. The number of amides is 9. The van der Waals surface area contributed by atoms with Gasteiger partial charge in [0.2, 0.25) is 17.7 Å². The van der Waals surface area contributed by atoms with Crippen molar-refractivity contribution < 1.29 is 72.7 Å². The van der Waals surface area contributed by atoms with Gasteiger partial charge in [-0.25, -0.2) is 15.0 Å². The highest BCUT2D eigenvalue weighted by Crippen LogP contribution is 2.68. The maximum Gasteiger partial charge on any atom is 0.426 e. The van der Waals surface area contributed by atoms with Crippen molar-refractivity contribution in [3.05, 3.63) is 113 Å². The maximum absolute atomic E-state index is 15.6. The Bertz CT molecular complexity index is 3840. The minimum Gasteiger partial charge on any atom is -0.496 e. The van der Waals surface area contributed by atoms with Crippen LogP contribution in [-0.2, 0) is 66.9 Å². The fourth-order valence-electron chi connectivity index (χ4n) is 17.5. The molecule has 1 spiro atoms. The summed E-state index contributed by atoms with van der Waals surface area (Å²) in [7, 11) is 4.70. The number of rotatable bonds is 24. The highest BCUT2D eigenvalue weighted by atomic mass is 16.6. The van der Waals surface area contributed by atoms with Gasteiger partial charge in [0, 0.05) is 121 Å². The molecule has 3 fully saturated rings. The summed E-state index contributed by atoms with van der Waals surface area (Å²) in [6.07, 6.45) is 7.83. The number of likely N-dealkylation sites (N-methyl/N-ethyl adjacent to an activating group) is 1. The van der Waals surface area contributed by atoms with E-state index in [1.807, 2.05) is 61.2 Å². The predicted molar refractivity (Wildman–Crippen MR) is 365 cm³/mol. The lowest BCUT2D eigenvalue weighted by Gasteiger charge is -2.63. The Hall–Kier alpha value is -8.89. The van der Waals surface area contributed by atoms with E-state index in [1.54, 1.807) is 52.3 Å². The quantitative estimate of drug-likeness (QED) is 0.0157. The number of carbonyl (C=O) groups excluding carboxylic acids is 9. The number of hydrogen-bond donors (Lipinski definition) is 11. The van der Waals surface area contributed by atoms with Crippen LogP contribution in [0.15, 0.2) is 85.0 Å². The number of esters is 1. The molecule has 4 aromatic rings. The van der Waals surface area contributed by atoms with Crippen LogP contribution < -0.4 is 47.5 Å². The van der Waals surface area contributed by atoms with Gasteiger partial charge in [-0.15, -0.1) is 0 Å². The Kier molecular flexibility index (Phi) is 20.7. The number of nitrogens with one attached hydrogen (secondary N) is 7. The van der Waals surface area contributed by atoms with Crippen LogP contribution in [0.4, 0.5) is 21.0 Å². The molecule has 6 aliphatic heterocycles. The first-order chi connectivity index (χ1) is 47.3. The van der Waals surface area contributed by atoms with Gasteiger partial charge in [-0.3, -0.25) is 53.7 Å². The van der Waals surface area contributed by atoms with E-state index in [1.165, 1.54) is 19.3 Å². The van der Waals surface area contributed by atoms with E-state index < -0.39 is 99.4 Å². The third-order valence-electron chi connectivity index (χ3n) is 22.1. The van der Waals surface area contributed by atoms with E-state index in [-0.39, 0.29) is 69.0 Å². The van der Waals surface area contributed by atoms with E-state index >= 15 is 9.59 Å². The number of imide groups is 1. The zero-order chi connectivity index (χ0) is 70.9. The van der Waals surface area contributed by atoms with Crippen molar-refractivity contribution in [1.29, 1.82) is 0 Å². The number of aliphatic hydroxyl groups is 3. The van der Waals surface area contributed by atoms with Crippen molar-refractivity contribution in [2.45, 2.75) is 164 Å². The summed E-state index contributed by atoms with van der Waals surface area (Å²) in [5.74, 6) is -4.21. The van der Waals surface area contributed by atoms with Gasteiger partial charge < -0.3 is 66.4 Å². The van der Waals surface area contributed by atoms with Gasteiger partial charge in [0.25, 0.3) is 17.7 Å². The van der Waals surface area contributed by atoms with E-state index in [0.717, 1.165) is 26.9 Å². The molecule has 12 N–H and O–H groups in total. The summed E-state index contributed by atoms with van der Waals surface area (Å²) < 4.78 is 18.0. The lowest BCUT2D eigenvalue weighted by atomic mass is 9.47. The SMILES string of the molecule is CC[C@]1(O)CC2CN(CCc3c([nH]c4ccccc34)[C@@](C(=O)OC)(c3cc4c(cc3OC)N(C)[C@H]3[C@@](O)(C(=O)NNC(=O)OCc5ccc(NC(=O)[C@H](CCCNC(N)=O)NC(=O)[C@@H](NC(=O)CCCCCN6C(=O)C=CC6=O)C(C)C)cc5)[C@H](O)[C@]5(CC)C=CCN6CC[C@]43[C@@H]65)C2)C1. The van der Waals surface area contributed by atoms with Crippen LogP contribution in [0.5, 0.6) is 5.75 Å². The molecule has 99 heavy (non-hydrogen) atoms. The standard InChI is InChI=1S/C72H94N12O15/c1-8-68(95)37-44-38-71(65(92)98-7,58-47(27-33-82(39-44)41-68)46-17-12-13-18-50(46)76-58)49-35-48-52(36-53(49)97-6)81(5)62-70(48)29-34-83-31-16-28-69(9-2,61(70)83)63(90)72(62,96)64(91)79-80-67(94)99-40-43-21-23-45(24-22-43)75-59(88)51(19-15-30-74-66(73)93)77-60(89)57(42(3)4)78-54(85)20-11-10-14-32-84-55(86)25-26-56(84)87/h12-13,16-18,21-26,28,35-36,42,44,51,57,61-63,76,90,95-96H,8-11,14-15,19-20,27,29-34,37-41H2,1-7H3,(H,75,88)(H,77,89)(H,78,85)(H,79,91)(H,80,94)(H3,73,74,93)/t44?,51-,57-,61-,62+,63+,68-,69+,70+,71-,72-/m0/s1. The lowest BCUT2D eigenvalue weighted by Crippen LogP contribution is -2.82. The molecule has 3 aromatic carbocycles.